The van der Waals surface area contributed by atoms with Crippen molar-refractivity contribution >= 4 is 17.7 Å². The smallest absolute Gasteiger partial charge is 0.234 e. The topological polar surface area (TPSA) is 48.0 Å². The van der Waals surface area contributed by atoms with Gasteiger partial charge in [0.2, 0.25) is 11.7 Å². The maximum atomic E-state index is 12.4. The summed E-state index contributed by atoms with van der Waals surface area (Å²) in [5.41, 5.74) is 2.07. The van der Waals surface area contributed by atoms with Gasteiger partial charge in [-0.1, -0.05) is 30.3 Å². The molecule has 25 heavy (non-hydrogen) atoms. The predicted molar refractivity (Wildman–Crippen MR) is 98.3 cm³/mol. The highest BCUT2D eigenvalue weighted by Gasteiger charge is 2.33. The average molecular weight is 359 g/mol. The summed E-state index contributed by atoms with van der Waals surface area (Å²) in [5, 5.41) is 0.0211. The Bertz CT molecular complexity index is 725. The Balaban J connectivity index is 1.91. The highest BCUT2D eigenvalue weighted by atomic mass is 32.2. The van der Waals surface area contributed by atoms with Crippen LogP contribution in [-0.4, -0.2) is 37.9 Å². The first-order valence-corrected chi connectivity index (χ1v) is 8.97. The first kappa shape index (κ1) is 17.5. The molecule has 0 aromatic heterocycles. The molecule has 0 spiro atoms. The number of benzene rings is 2. The molecule has 6 heteroatoms. The van der Waals surface area contributed by atoms with Gasteiger partial charge in [0.1, 0.15) is 5.37 Å². The summed E-state index contributed by atoms with van der Waals surface area (Å²) in [4.78, 5) is 14.3. The second-order valence-electron chi connectivity index (χ2n) is 5.63. The third-order valence-corrected chi connectivity index (χ3v) is 5.39. The fourth-order valence-corrected chi connectivity index (χ4v) is 4.13. The molecule has 2 aromatic rings. The highest BCUT2D eigenvalue weighted by Crippen LogP contribution is 2.42. The summed E-state index contributed by atoms with van der Waals surface area (Å²) in [6.45, 7) is 0.488. The van der Waals surface area contributed by atoms with Crippen molar-refractivity contribution < 1.29 is 19.0 Å². The molecule has 0 aliphatic carbocycles. The van der Waals surface area contributed by atoms with Gasteiger partial charge in [0, 0.05) is 6.54 Å². The quantitative estimate of drug-likeness (QED) is 0.790. The maximum Gasteiger partial charge on any atom is 0.234 e. The van der Waals surface area contributed by atoms with Crippen LogP contribution in [0.2, 0.25) is 0 Å². The van der Waals surface area contributed by atoms with Crippen LogP contribution in [0, 0.1) is 0 Å². The summed E-state index contributed by atoms with van der Waals surface area (Å²) in [5.74, 6) is 2.35. The minimum atomic E-state index is 0.0211. The number of rotatable bonds is 6. The third-order valence-electron chi connectivity index (χ3n) is 4.13. The second-order valence-corrected chi connectivity index (χ2v) is 6.70. The lowest BCUT2D eigenvalue weighted by Crippen LogP contribution is -2.27. The van der Waals surface area contributed by atoms with E-state index in [1.807, 2.05) is 35.2 Å². The molecule has 0 N–H and O–H groups in total. The van der Waals surface area contributed by atoms with Gasteiger partial charge in [-0.25, -0.2) is 0 Å². The van der Waals surface area contributed by atoms with E-state index in [0.29, 0.717) is 29.5 Å². The molecule has 132 valence electrons. The van der Waals surface area contributed by atoms with Crippen molar-refractivity contribution in [1.29, 1.82) is 0 Å². The van der Waals surface area contributed by atoms with Gasteiger partial charge in [-0.05, 0) is 23.3 Å². The van der Waals surface area contributed by atoms with Crippen molar-refractivity contribution in [3.63, 3.8) is 0 Å². The zero-order valence-electron chi connectivity index (χ0n) is 14.5. The minimum absolute atomic E-state index is 0.0211. The van der Waals surface area contributed by atoms with Crippen LogP contribution in [0.5, 0.6) is 17.2 Å². The third kappa shape index (κ3) is 3.54. The van der Waals surface area contributed by atoms with Gasteiger partial charge in [-0.2, -0.15) is 0 Å². The Morgan fingerprint density at radius 3 is 2.24 bits per heavy atom. The molecule has 5 nitrogen and oxygen atoms in total. The molecule has 3 rings (SSSR count). The number of carbonyl (C=O) groups is 1. The molecule has 0 bridgehead atoms. The molecule has 0 saturated carbocycles. The van der Waals surface area contributed by atoms with Gasteiger partial charge in [0.15, 0.2) is 11.5 Å². The van der Waals surface area contributed by atoms with E-state index in [2.05, 4.69) is 12.1 Å². The molecule has 0 radical (unpaired) electrons. The number of ether oxygens (including phenoxy) is 3. The summed E-state index contributed by atoms with van der Waals surface area (Å²) in [7, 11) is 4.75. The Morgan fingerprint density at radius 2 is 1.68 bits per heavy atom. The predicted octanol–water partition coefficient (Wildman–Crippen LogP) is 3.49. The van der Waals surface area contributed by atoms with Gasteiger partial charge >= 0.3 is 0 Å². The number of carbonyl (C=O) groups excluding carboxylic acids is 1. The van der Waals surface area contributed by atoms with Crippen LogP contribution >= 0.6 is 11.8 Å². The Morgan fingerprint density at radius 1 is 1.04 bits per heavy atom. The summed E-state index contributed by atoms with van der Waals surface area (Å²) >= 11 is 1.65. The standard InChI is InChI=1S/C19H21NO4S/c1-22-15-9-13(10-16(23-2)18(15)24-3)11-20-17(21)12-25-19(20)14-7-5-4-6-8-14/h4-10,19H,11-12H2,1-3H3. The van der Waals surface area contributed by atoms with Crippen LogP contribution in [0.25, 0.3) is 0 Å². The molecule has 1 amide bonds. The van der Waals surface area contributed by atoms with Crippen LogP contribution in [0.1, 0.15) is 16.5 Å². The lowest BCUT2D eigenvalue weighted by atomic mass is 10.1. The normalized spacial score (nSPS) is 16.8. The highest BCUT2D eigenvalue weighted by molar-refractivity contribution is 8.00. The van der Waals surface area contributed by atoms with E-state index < -0.39 is 0 Å². The van der Waals surface area contributed by atoms with E-state index in [9.17, 15) is 4.79 Å². The molecule has 1 aliphatic rings. The maximum absolute atomic E-state index is 12.4. The van der Waals surface area contributed by atoms with Crippen molar-refractivity contribution in [3.05, 3.63) is 53.6 Å². The van der Waals surface area contributed by atoms with E-state index in [-0.39, 0.29) is 11.3 Å². The Hall–Kier alpha value is -2.34. The second kappa shape index (κ2) is 7.70. The monoisotopic (exact) mass is 359 g/mol. The van der Waals surface area contributed by atoms with Crippen LogP contribution in [-0.2, 0) is 11.3 Å². The fraction of sp³-hybridized carbons (Fsp3) is 0.316. The molecule has 2 aromatic carbocycles. The van der Waals surface area contributed by atoms with Gasteiger partial charge < -0.3 is 19.1 Å². The molecule has 1 saturated heterocycles. The van der Waals surface area contributed by atoms with E-state index in [0.717, 1.165) is 11.1 Å². The first-order chi connectivity index (χ1) is 12.2. The number of nitrogens with zero attached hydrogens (tertiary/aromatic N) is 1. The van der Waals surface area contributed by atoms with Crippen molar-refractivity contribution in [3.8, 4) is 17.2 Å². The van der Waals surface area contributed by atoms with Gasteiger partial charge in [-0.3, -0.25) is 4.79 Å². The lowest BCUT2D eigenvalue weighted by Gasteiger charge is -2.25. The molecule has 1 atom stereocenters. The van der Waals surface area contributed by atoms with Crippen molar-refractivity contribution in [1.82, 2.24) is 4.90 Å². The van der Waals surface area contributed by atoms with E-state index >= 15 is 0 Å². The average Bonchev–Trinajstić information content (AvgIpc) is 3.02. The lowest BCUT2D eigenvalue weighted by molar-refractivity contribution is -0.128. The SMILES string of the molecule is COc1cc(CN2C(=O)CSC2c2ccccc2)cc(OC)c1OC. The van der Waals surface area contributed by atoms with Crippen LogP contribution in [0.3, 0.4) is 0 Å². The van der Waals surface area contributed by atoms with E-state index in [1.54, 1.807) is 33.1 Å². The van der Waals surface area contributed by atoms with Gasteiger partial charge in [0.25, 0.3) is 0 Å². The number of hydrogen-bond acceptors (Lipinski definition) is 5. The molecular formula is C19H21NO4S. The Labute approximate surface area is 151 Å². The van der Waals surface area contributed by atoms with Gasteiger partial charge in [-0.15, -0.1) is 11.8 Å². The summed E-state index contributed by atoms with van der Waals surface area (Å²) in [6.07, 6.45) is 0. The first-order valence-electron chi connectivity index (χ1n) is 7.92. The van der Waals surface area contributed by atoms with E-state index in [1.165, 1.54) is 0 Å². The number of methoxy groups -OCH3 is 3. The number of thioether (sulfide) groups is 1. The van der Waals surface area contributed by atoms with Crippen molar-refractivity contribution in [2.45, 2.75) is 11.9 Å². The number of amides is 1. The fourth-order valence-electron chi connectivity index (χ4n) is 2.94. The van der Waals surface area contributed by atoms with E-state index in [4.69, 9.17) is 14.2 Å². The summed E-state index contributed by atoms with van der Waals surface area (Å²) < 4.78 is 16.2. The number of hydrogen-bond donors (Lipinski definition) is 0. The zero-order chi connectivity index (χ0) is 17.8. The largest absolute Gasteiger partial charge is 0.493 e. The van der Waals surface area contributed by atoms with Crippen LogP contribution in [0.15, 0.2) is 42.5 Å². The van der Waals surface area contributed by atoms with Gasteiger partial charge in [0.05, 0.1) is 27.1 Å². The zero-order valence-corrected chi connectivity index (χ0v) is 15.3. The van der Waals surface area contributed by atoms with Crippen LogP contribution < -0.4 is 14.2 Å². The molecule has 1 aliphatic heterocycles. The molecule has 1 unspecified atom stereocenters. The van der Waals surface area contributed by atoms with Crippen molar-refractivity contribution in [2.75, 3.05) is 27.1 Å². The molecule has 1 heterocycles. The minimum Gasteiger partial charge on any atom is -0.493 e. The summed E-state index contributed by atoms with van der Waals surface area (Å²) in [6, 6.07) is 13.9. The van der Waals surface area contributed by atoms with Crippen LogP contribution in [0.4, 0.5) is 0 Å². The molecule has 1 fully saturated rings. The Kier molecular flexibility index (Phi) is 5.38. The van der Waals surface area contributed by atoms with Crippen molar-refractivity contribution in [2.24, 2.45) is 0 Å². The molecular weight excluding hydrogens is 338 g/mol.